The van der Waals surface area contributed by atoms with E-state index in [9.17, 15) is 14.4 Å². The molecule has 0 unspecified atom stereocenters. The van der Waals surface area contributed by atoms with E-state index in [4.69, 9.17) is 10.5 Å². The minimum Gasteiger partial charge on any atom is -1.00 e. The van der Waals surface area contributed by atoms with Crippen molar-refractivity contribution in [1.82, 2.24) is 0 Å². The van der Waals surface area contributed by atoms with Crippen molar-refractivity contribution >= 4 is 17.9 Å². The third-order valence-electron chi connectivity index (χ3n) is 5.03. The number of unbranched alkanes of at least 4 members (excludes halogenated alkanes) is 11. The van der Waals surface area contributed by atoms with Crippen molar-refractivity contribution in [2.24, 2.45) is 5.73 Å². The summed E-state index contributed by atoms with van der Waals surface area (Å²) in [7, 11) is 1.23. The van der Waals surface area contributed by atoms with Gasteiger partial charge in [-0.05, 0) is 38.5 Å². The Morgan fingerprint density at radius 2 is 1.29 bits per heavy atom. The maximum Gasteiger partial charge on any atom is 1.00 e. The number of carbonyl (C=O) groups is 3. The van der Waals surface area contributed by atoms with Gasteiger partial charge in [-0.2, -0.15) is 0 Å². The van der Waals surface area contributed by atoms with Gasteiger partial charge in [0.25, 0.3) is 0 Å². The zero-order valence-electron chi connectivity index (χ0n) is 21.2. The van der Waals surface area contributed by atoms with Gasteiger partial charge in [0.15, 0.2) is 0 Å². The first-order valence-corrected chi connectivity index (χ1v) is 11.7. The maximum atomic E-state index is 11.6. The Morgan fingerprint density at radius 1 is 0.806 bits per heavy atom. The fraction of sp³-hybridized carbons (Fsp3) is 0.792. The first kappa shape index (κ1) is 32.5. The fourth-order valence-corrected chi connectivity index (χ4v) is 3.11. The van der Waals surface area contributed by atoms with Crippen LogP contribution in [0.15, 0.2) is 12.2 Å². The number of esters is 3. The molecule has 0 rings (SSSR count). The van der Waals surface area contributed by atoms with E-state index < -0.39 is 23.9 Å². The molecular weight excluding hydrogens is 405 g/mol. The van der Waals surface area contributed by atoms with Crippen LogP contribution in [0.1, 0.15) is 111 Å². The molecule has 7 heteroatoms. The van der Waals surface area contributed by atoms with E-state index in [0.29, 0.717) is 0 Å². The molecule has 0 spiro atoms. The molecule has 0 fully saturated rings. The predicted octanol–water partition coefficient (Wildman–Crippen LogP) is 2.49. The van der Waals surface area contributed by atoms with Gasteiger partial charge in [-0.3, -0.25) is 14.4 Å². The first-order chi connectivity index (χ1) is 14.5. The van der Waals surface area contributed by atoms with Crippen LogP contribution in [-0.4, -0.2) is 31.1 Å². The van der Waals surface area contributed by atoms with Crippen LogP contribution in [0.3, 0.4) is 0 Å². The number of rotatable bonds is 19. The van der Waals surface area contributed by atoms with Crippen molar-refractivity contribution in [1.29, 1.82) is 0 Å². The van der Waals surface area contributed by atoms with Crippen LogP contribution in [0.25, 0.3) is 0 Å². The van der Waals surface area contributed by atoms with E-state index in [0.717, 1.165) is 32.1 Å². The summed E-state index contributed by atoms with van der Waals surface area (Å²) in [4.78, 5) is 34.4. The molecule has 0 saturated carbocycles. The fourth-order valence-electron chi connectivity index (χ4n) is 3.11. The average molecular weight is 450 g/mol. The van der Waals surface area contributed by atoms with Crippen molar-refractivity contribution < 1.29 is 54.8 Å². The number of allylic oxidation sites excluding steroid dienone is 2. The average Bonchev–Trinajstić information content (AvgIpc) is 2.74. The second-order valence-electron chi connectivity index (χ2n) is 7.85. The zero-order chi connectivity index (χ0) is 22.5. The quantitative estimate of drug-likeness (QED) is 0.107. The molecule has 0 bridgehead atoms. The molecule has 0 amide bonds. The molecule has 0 aromatic carbocycles. The monoisotopic (exact) mass is 449 g/mol. The molecule has 0 aromatic heterocycles. The maximum absolute atomic E-state index is 11.6. The van der Waals surface area contributed by atoms with Crippen LogP contribution < -0.4 is 35.3 Å². The number of methoxy groups -OCH3 is 1. The number of nitrogens with two attached hydrogens (primary N) is 1. The molecule has 0 saturated heterocycles. The summed E-state index contributed by atoms with van der Waals surface area (Å²) >= 11 is 0. The Morgan fingerprint density at radius 3 is 1.84 bits per heavy atom. The molecule has 0 radical (unpaired) electrons. The van der Waals surface area contributed by atoms with Gasteiger partial charge < -0.3 is 16.6 Å². The Kier molecular flexibility index (Phi) is 25.1. The second-order valence-corrected chi connectivity index (χ2v) is 7.85. The van der Waals surface area contributed by atoms with E-state index >= 15 is 0 Å². The molecule has 31 heavy (non-hydrogen) atoms. The van der Waals surface area contributed by atoms with Gasteiger partial charge in [-0.15, -0.1) is 0 Å². The third kappa shape index (κ3) is 22.3. The van der Waals surface area contributed by atoms with Crippen LogP contribution in [0.5, 0.6) is 0 Å². The molecule has 1 atom stereocenters. The van der Waals surface area contributed by atoms with E-state index in [1.54, 1.807) is 0 Å². The molecule has 0 aliphatic carbocycles. The summed E-state index contributed by atoms with van der Waals surface area (Å²) in [6.45, 7) is 2.25. The third-order valence-corrected chi connectivity index (χ3v) is 5.03. The molecule has 6 nitrogen and oxygen atoms in total. The minimum absolute atomic E-state index is 0. The number of ether oxygens (including phenoxy) is 2. The van der Waals surface area contributed by atoms with E-state index in [1.807, 2.05) is 0 Å². The smallest absolute Gasteiger partial charge is 1.00 e. The van der Waals surface area contributed by atoms with Crippen LogP contribution in [0.2, 0.25) is 0 Å². The van der Waals surface area contributed by atoms with Gasteiger partial charge in [0.1, 0.15) is 6.04 Å². The van der Waals surface area contributed by atoms with Gasteiger partial charge in [-0.1, -0.05) is 70.4 Å². The summed E-state index contributed by atoms with van der Waals surface area (Å²) in [6.07, 6.45) is 20.4. The van der Waals surface area contributed by atoms with Gasteiger partial charge >= 0.3 is 47.5 Å². The molecule has 0 aliphatic rings. The van der Waals surface area contributed by atoms with Crippen LogP contribution in [0, 0.1) is 0 Å². The molecule has 0 aliphatic heterocycles. The van der Waals surface area contributed by atoms with Gasteiger partial charge in [-0.25, -0.2) is 0 Å². The van der Waals surface area contributed by atoms with Crippen molar-refractivity contribution in [3.63, 3.8) is 0 Å². The Labute approximate surface area is 212 Å². The number of hydrogen-bond donors (Lipinski definition) is 1. The second kappa shape index (κ2) is 24.0. The van der Waals surface area contributed by atoms with Crippen LogP contribution in [0.4, 0.5) is 0 Å². The van der Waals surface area contributed by atoms with E-state index in [-0.39, 0.29) is 50.2 Å². The Balaban J connectivity index is -0.00000420. The Hall–Kier alpha value is -0.690. The van der Waals surface area contributed by atoms with Crippen molar-refractivity contribution in [3.05, 3.63) is 12.2 Å². The summed E-state index contributed by atoms with van der Waals surface area (Å²) in [6, 6.07) is -0.872. The van der Waals surface area contributed by atoms with E-state index in [1.165, 1.54) is 58.5 Å². The molecule has 176 valence electrons. The van der Waals surface area contributed by atoms with Crippen LogP contribution >= 0.6 is 0 Å². The summed E-state index contributed by atoms with van der Waals surface area (Å²) in [5.74, 6) is -1.74. The predicted molar refractivity (Wildman–Crippen MR) is 121 cm³/mol. The zero-order valence-corrected chi connectivity index (χ0v) is 22.2. The van der Waals surface area contributed by atoms with Crippen molar-refractivity contribution in [2.45, 2.75) is 116 Å². The van der Waals surface area contributed by atoms with Gasteiger partial charge in [0.05, 0.1) is 7.11 Å². The topological polar surface area (TPSA) is 95.7 Å². The molecular formula is C24H44NNaO5. The van der Waals surface area contributed by atoms with E-state index in [2.05, 4.69) is 23.8 Å². The standard InChI is InChI=1S/C24H43NO5.Na.H/c1-3-4-5-6-7-8-9-10-11-12-13-14-15-16-17-18-22(26)30-23(27)20-19-21(25)24(28)29-2;;/h10-11,21H,3-9,12-20,25H2,1-2H3;;/q;+1;-1/b11-10-;;/t21-;;/m0../s1. The normalized spacial score (nSPS) is 11.7. The van der Waals surface area contributed by atoms with Gasteiger partial charge in [0.2, 0.25) is 0 Å². The minimum atomic E-state index is -0.872. The molecule has 0 heterocycles. The summed E-state index contributed by atoms with van der Waals surface area (Å²) in [5.41, 5.74) is 5.53. The number of carbonyl (C=O) groups excluding carboxylic acids is 3. The Bertz CT molecular complexity index is 503. The van der Waals surface area contributed by atoms with Crippen LogP contribution in [-0.2, 0) is 23.9 Å². The van der Waals surface area contributed by atoms with Gasteiger partial charge in [0, 0.05) is 12.8 Å². The van der Waals surface area contributed by atoms with Crippen molar-refractivity contribution in [2.75, 3.05) is 7.11 Å². The van der Waals surface area contributed by atoms with Crippen molar-refractivity contribution in [3.8, 4) is 0 Å². The SMILES string of the molecule is CCCCCCCC/C=C\CCCCCCCC(=O)OC(=O)CC[C@H](N)C(=O)OC.[H-].[Na+]. The first-order valence-electron chi connectivity index (χ1n) is 11.7. The summed E-state index contributed by atoms with van der Waals surface area (Å²) < 4.78 is 9.21. The molecule has 0 aromatic rings. The molecule has 2 N–H and O–H groups in total. The number of hydrogen-bond acceptors (Lipinski definition) is 6. The summed E-state index contributed by atoms with van der Waals surface area (Å²) in [5, 5.41) is 0. The largest absolute Gasteiger partial charge is 1.00 e.